The van der Waals surface area contributed by atoms with Gasteiger partial charge < -0.3 is 0 Å². The maximum atomic E-state index is 12.5. The Morgan fingerprint density at radius 1 is 1.67 bits per heavy atom. The summed E-state index contributed by atoms with van der Waals surface area (Å²) in [5, 5.41) is 7.50. The molecule has 0 saturated carbocycles. The molecule has 0 amide bonds. The molecule has 0 aromatic carbocycles. The molecular weight excluding hydrogens is 226 g/mol. The quantitative estimate of drug-likeness (QED) is 0.734. The molecule has 0 aliphatic heterocycles. The number of rotatable bonds is 2. The summed E-state index contributed by atoms with van der Waals surface area (Å²) in [6, 6.07) is 2.74. The van der Waals surface area contributed by atoms with Gasteiger partial charge in [-0.2, -0.15) is 5.26 Å². The van der Waals surface area contributed by atoms with E-state index in [-0.39, 0.29) is 11.3 Å². The predicted molar refractivity (Wildman–Crippen MR) is 48.8 cm³/mol. The van der Waals surface area contributed by atoms with Crippen LogP contribution < -0.4 is 0 Å². The van der Waals surface area contributed by atoms with Crippen molar-refractivity contribution in [2.45, 2.75) is 13.3 Å². The van der Waals surface area contributed by atoms with Gasteiger partial charge in [0.15, 0.2) is 0 Å². The highest BCUT2D eigenvalue weighted by molar-refractivity contribution is 6.67. The van der Waals surface area contributed by atoms with Crippen molar-refractivity contribution in [3.05, 3.63) is 28.6 Å². The Morgan fingerprint density at radius 2 is 2.27 bits per heavy atom. The van der Waals surface area contributed by atoms with Crippen molar-refractivity contribution in [3.8, 4) is 6.07 Å². The summed E-state index contributed by atoms with van der Waals surface area (Å²) in [7, 11) is 0. The smallest absolute Gasteiger partial charge is 0.271 e. The van der Waals surface area contributed by atoms with E-state index in [0.717, 1.165) is 6.07 Å². The Morgan fingerprint density at radius 3 is 2.67 bits per heavy atom. The number of carbonyl (C=O) groups excluding carboxylic acids is 1. The van der Waals surface area contributed by atoms with Crippen LogP contribution in [-0.4, -0.2) is 10.2 Å². The topological polar surface area (TPSA) is 53.8 Å². The van der Waals surface area contributed by atoms with Crippen molar-refractivity contribution in [2.75, 3.05) is 0 Å². The van der Waals surface area contributed by atoms with Crippen LogP contribution in [0.1, 0.15) is 33.7 Å². The first-order chi connectivity index (χ1) is 6.97. The fourth-order valence-corrected chi connectivity index (χ4v) is 1.22. The summed E-state index contributed by atoms with van der Waals surface area (Å²) in [4.78, 5) is 14.3. The number of aryl methyl sites for hydroxylation is 1. The van der Waals surface area contributed by atoms with E-state index in [9.17, 15) is 13.6 Å². The first kappa shape index (κ1) is 11.5. The highest BCUT2D eigenvalue weighted by atomic mass is 35.5. The van der Waals surface area contributed by atoms with Crippen LogP contribution in [0, 0.1) is 18.3 Å². The van der Waals surface area contributed by atoms with E-state index >= 15 is 0 Å². The molecule has 1 aromatic heterocycles. The second kappa shape index (κ2) is 4.32. The average Bonchev–Trinajstić information content (AvgIpc) is 2.16. The molecule has 0 radical (unpaired) electrons. The number of nitrogens with zero attached hydrogens (tertiary/aromatic N) is 2. The van der Waals surface area contributed by atoms with E-state index in [2.05, 4.69) is 4.98 Å². The maximum Gasteiger partial charge on any atom is 0.271 e. The molecule has 15 heavy (non-hydrogen) atoms. The number of aromatic nitrogens is 1. The molecule has 78 valence electrons. The van der Waals surface area contributed by atoms with Crippen LogP contribution in [0.4, 0.5) is 8.78 Å². The lowest BCUT2D eigenvalue weighted by Gasteiger charge is -2.06. The number of hydrogen-bond acceptors (Lipinski definition) is 3. The minimum absolute atomic E-state index is 0.0802. The van der Waals surface area contributed by atoms with Crippen LogP contribution in [0.5, 0.6) is 0 Å². The molecule has 1 rings (SSSR count). The van der Waals surface area contributed by atoms with Crippen molar-refractivity contribution in [1.29, 1.82) is 5.26 Å². The molecule has 1 heterocycles. The standard InChI is InChI=1S/C9H5ClF2N2O/c1-4-2-5(9(11)12)7(8(10)15)14-6(4)3-13/h2,9H,1H3. The summed E-state index contributed by atoms with van der Waals surface area (Å²) in [5.74, 6) is 0. The van der Waals surface area contributed by atoms with Gasteiger partial charge in [0.25, 0.3) is 11.7 Å². The second-order valence-electron chi connectivity index (χ2n) is 2.78. The van der Waals surface area contributed by atoms with E-state index in [0.29, 0.717) is 0 Å². The zero-order valence-electron chi connectivity index (χ0n) is 7.59. The van der Waals surface area contributed by atoms with Crippen molar-refractivity contribution in [1.82, 2.24) is 4.98 Å². The Hall–Kier alpha value is -1.54. The first-order valence-corrected chi connectivity index (χ1v) is 4.24. The molecule has 0 spiro atoms. The summed E-state index contributed by atoms with van der Waals surface area (Å²) in [6.07, 6.45) is -2.85. The van der Waals surface area contributed by atoms with Crippen molar-refractivity contribution in [2.24, 2.45) is 0 Å². The molecule has 1 aromatic rings. The zero-order valence-corrected chi connectivity index (χ0v) is 8.35. The van der Waals surface area contributed by atoms with Crippen LogP contribution in [0.25, 0.3) is 0 Å². The highest BCUT2D eigenvalue weighted by Crippen LogP contribution is 2.24. The Labute approximate surface area is 89.3 Å². The number of pyridine rings is 1. The third kappa shape index (κ3) is 2.28. The van der Waals surface area contributed by atoms with Gasteiger partial charge >= 0.3 is 0 Å². The van der Waals surface area contributed by atoms with Crippen molar-refractivity contribution < 1.29 is 13.6 Å². The molecule has 0 atom stereocenters. The minimum atomic E-state index is -2.85. The summed E-state index contributed by atoms with van der Waals surface area (Å²) < 4.78 is 24.9. The van der Waals surface area contributed by atoms with Crippen LogP contribution in [-0.2, 0) is 0 Å². The summed E-state index contributed by atoms with van der Waals surface area (Å²) >= 11 is 5.09. The van der Waals surface area contributed by atoms with Gasteiger partial charge in [-0.25, -0.2) is 13.8 Å². The van der Waals surface area contributed by atoms with E-state index in [1.165, 1.54) is 6.92 Å². The third-order valence-corrected chi connectivity index (χ3v) is 1.95. The molecule has 0 N–H and O–H groups in total. The zero-order chi connectivity index (χ0) is 11.6. The normalized spacial score (nSPS) is 10.1. The number of alkyl halides is 2. The van der Waals surface area contributed by atoms with Crippen LogP contribution in [0.15, 0.2) is 6.07 Å². The Kier molecular flexibility index (Phi) is 3.32. The van der Waals surface area contributed by atoms with E-state index < -0.39 is 22.9 Å². The van der Waals surface area contributed by atoms with Crippen molar-refractivity contribution in [3.63, 3.8) is 0 Å². The van der Waals surface area contributed by atoms with E-state index in [1.807, 2.05) is 0 Å². The van der Waals surface area contributed by atoms with Crippen LogP contribution >= 0.6 is 11.6 Å². The molecule has 0 fully saturated rings. The lowest BCUT2D eigenvalue weighted by atomic mass is 10.1. The monoisotopic (exact) mass is 230 g/mol. The SMILES string of the molecule is Cc1cc(C(F)F)c(C(=O)Cl)nc1C#N. The van der Waals surface area contributed by atoms with Crippen LogP contribution in [0.2, 0.25) is 0 Å². The van der Waals surface area contributed by atoms with Gasteiger partial charge in [-0.05, 0) is 30.2 Å². The van der Waals surface area contributed by atoms with Crippen LogP contribution in [0.3, 0.4) is 0 Å². The molecule has 0 unspecified atom stereocenters. The van der Waals surface area contributed by atoms with Gasteiger partial charge in [-0.15, -0.1) is 0 Å². The van der Waals surface area contributed by atoms with Gasteiger partial charge in [0.1, 0.15) is 17.5 Å². The van der Waals surface area contributed by atoms with Crippen molar-refractivity contribution >= 4 is 16.8 Å². The van der Waals surface area contributed by atoms with E-state index in [1.54, 1.807) is 6.07 Å². The Bertz CT molecular complexity index is 454. The van der Waals surface area contributed by atoms with Gasteiger partial charge in [0.05, 0.1) is 0 Å². The van der Waals surface area contributed by atoms with Gasteiger partial charge in [0.2, 0.25) is 0 Å². The fourth-order valence-electron chi connectivity index (χ4n) is 1.07. The molecule has 0 aliphatic carbocycles. The van der Waals surface area contributed by atoms with Gasteiger partial charge in [-0.1, -0.05) is 0 Å². The second-order valence-corrected chi connectivity index (χ2v) is 3.12. The van der Waals surface area contributed by atoms with Gasteiger partial charge in [-0.3, -0.25) is 4.79 Å². The Balaban J connectivity index is 3.47. The van der Waals surface area contributed by atoms with E-state index in [4.69, 9.17) is 16.9 Å². The molecule has 6 heteroatoms. The van der Waals surface area contributed by atoms with Gasteiger partial charge in [0, 0.05) is 5.56 Å². The maximum absolute atomic E-state index is 12.5. The first-order valence-electron chi connectivity index (χ1n) is 3.87. The molecule has 0 aliphatic rings. The molecule has 3 nitrogen and oxygen atoms in total. The summed E-state index contributed by atoms with van der Waals surface area (Å²) in [6.45, 7) is 1.46. The number of hydrogen-bond donors (Lipinski definition) is 0. The lowest BCUT2D eigenvalue weighted by Crippen LogP contribution is -2.05. The highest BCUT2D eigenvalue weighted by Gasteiger charge is 2.20. The molecule has 0 saturated heterocycles. The third-order valence-electron chi connectivity index (χ3n) is 1.77. The molecule has 0 bridgehead atoms. The number of halogens is 3. The lowest BCUT2D eigenvalue weighted by molar-refractivity contribution is 0.106. The summed E-state index contributed by atoms with van der Waals surface area (Å²) in [5.41, 5.74) is -0.904. The number of nitriles is 1. The number of carbonyl (C=O) groups is 1. The average molecular weight is 231 g/mol. The minimum Gasteiger partial charge on any atom is -0.274 e. The largest absolute Gasteiger partial charge is 0.274 e. The fraction of sp³-hybridized carbons (Fsp3) is 0.222. The predicted octanol–water partition coefficient (Wildman–Crippen LogP) is 2.58. The molecular formula is C9H5ClF2N2O.